The molecule has 3 atom stereocenters. The fraction of sp³-hybridized carbons (Fsp3) is 0.586. The summed E-state index contributed by atoms with van der Waals surface area (Å²) in [4.78, 5) is 0. The van der Waals surface area contributed by atoms with Crippen LogP contribution in [0.4, 0.5) is 0 Å². The maximum absolute atomic E-state index is 2.66. The first-order chi connectivity index (χ1) is 13.8. The zero-order valence-electron chi connectivity index (χ0n) is 20.2. The van der Waals surface area contributed by atoms with Gasteiger partial charge in [0.1, 0.15) is 0 Å². The second-order valence-electron chi connectivity index (χ2n) is 12.3. The molecule has 3 unspecified atom stereocenters. The molecule has 0 nitrogen and oxygen atoms in total. The van der Waals surface area contributed by atoms with Gasteiger partial charge in [-0.1, -0.05) is 0 Å². The van der Waals surface area contributed by atoms with Crippen molar-refractivity contribution in [2.45, 2.75) is 77.8 Å². The van der Waals surface area contributed by atoms with Crippen LogP contribution in [0.2, 0.25) is 3.12 Å². The van der Waals surface area contributed by atoms with E-state index < -0.39 is 0 Å². The number of fused-ring (bicyclic) bond motifs is 6. The van der Waals surface area contributed by atoms with E-state index in [9.17, 15) is 0 Å². The summed E-state index contributed by atoms with van der Waals surface area (Å²) in [5, 5.41) is 0. The quantitative estimate of drug-likeness (QED) is 0.355. The Balaban J connectivity index is 1.95. The summed E-state index contributed by atoms with van der Waals surface area (Å²) < 4.78 is 0.225. The third-order valence-corrected chi connectivity index (χ3v) is 13.4. The Morgan fingerprint density at radius 1 is 0.867 bits per heavy atom. The van der Waals surface area contributed by atoms with Crippen LogP contribution in [-0.2, 0) is 31.1 Å². The SMILES string of the molecule is C[C]1([Zr])C2=C3Cc4ccccc4C3=C3C=CCCC3C2(C)C(C)(C)C(C)(C)C1(C)C. The summed E-state index contributed by atoms with van der Waals surface area (Å²) in [6, 6.07) is 9.23. The Morgan fingerprint density at radius 2 is 1.53 bits per heavy atom. The second kappa shape index (κ2) is 6.01. The van der Waals surface area contributed by atoms with Crippen molar-refractivity contribution in [3.8, 4) is 0 Å². The average Bonchev–Trinajstić information content (AvgIpc) is 3.05. The number of hydrogen-bond acceptors (Lipinski definition) is 0. The first-order valence-electron chi connectivity index (χ1n) is 11.8. The summed E-state index contributed by atoms with van der Waals surface area (Å²) >= 11 is 1.67. The second-order valence-corrected chi connectivity index (χ2v) is 14.7. The molecule has 0 aromatic heterocycles. The van der Waals surface area contributed by atoms with Crippen LogP contribution < -0.4 is 0 Å². The van der Waals surface area contributed by atoms with Crippen LogP contribution in [0.5, 0.6) is 0 Å². The van der Waals surface area contributed by atoms with Crippen LogP contribution in [-0.4, -0.2) is 0 Å². The maximum atomic E-state index is 2.66. The van der Waals surface area contributed by atoms with Crippen LogP contribution in [0.25, 0.3) is 5.57 Å². The Kier molecular flexibility index (Phi) is 4.24. The van der Waals surface area contributed by atoms with Crippen molar-refractivity contribution < 1.29 is 24.7 Å². The predicted octanol–water partition coefficient (Wildman–Crippen LogP) is 8.10. The van der Waals surface area contributed by atoms with Crippen LogP contribution in [0.3, 0.4) is 0 Å². The molecular weight excluding hydrogens is 440 g/mol. The van der Waals surface area contributed by atoms with E-state index in [4.69, 9.17) is 0 Å². The van der Waals surface area contributed by atoms with Gasteiger partial charge in [-0.3, -0.25) is 0 Å². The Labute approximate surface area is 199 Å². The average molecular weight is 477 g/mol. The van der Waals surface area contributed by atoms with E-state index in [0.717, 1.165) is 6.42 Å². The fourth-order valence-electron chi connectivity index (χ4n) is 7.93. The molecule has 1 aromatic carbocycles. The summed E-state index contributed by atoms with van der Waals surface area (Å²) in [5.41, 5.74) is 10.6. The van der Waals surface area contributed by atoms with Crippen LogP contribution in [0.15, 0.2) is 53.1 Å². The molecule has 0 heterocycles. The third kappa shape index (κ3) is 2.08. The van der Waals surface area contributed by atoms with Gasteiger partial charge in [0.2, 0.25) is 0 Å². The van der Waals surface area contributed by atoms with Gasteiger partial charge in [0.05, 0.1) is 0 Å². The summed E-state index contributed by atoms with van der Waals surface area (Å²) in [5.74, 6) is 0.618. The molecule has 157 valence electrons. The van der Waals surface area contributed by atoms with Gasteiger partial charge in [-0.05, 0) is 0 Å². The van der Waals surface area contributed by atoms with Gasteiger partial charge < -0.3 is 0 Å². The molecule has 1 aromatic rings. The monoisotopic (exact) mass is 475 g/mol. The molecule has 1 heteroatoms. The van der Waals surface area contributed by atoms with Gasteiger partial charge in [-0.25, -0.2) is 0 Å². The molecule has 5 rings (SSSR count). The van der Waals surface area contributed by atoms with Gasteiger partial charge in [-0.2, -0.15) is 0 Å². The van der Waals surface area contributed by atoms with E-state index >= 15 is 0 Å². The molecule has 0 saturated heterocycles. The van der Waals surface area contributed by atoms with Gasteiger partial charge in [0.15, 0.2) is 0 Å². The van der Waals surface area contributed by atoms with Crippen molar-refractivity contribution in [1.29, 1.82) is 0 Å². The summed E-state index contributed by atoms with van der Waals surface area (Å²) in [7, 11) is 0. The molecule has 0 N–H and O–H groups in total. The van der Waals surface area contributed by atoms with E-state index in [1.54, 1.807) is 41.4 Å². The van der Waals surface area contributed by atoms with Crippen molar-refractivity contribution in [3.05, 3.63) is 64.3 Å². The third-order valence-electron chi connectivity index (χ3n) is 11.2. The normalized spacial score (nSPS) is 37.4. The first-order valence-corrected chi connectivity index (χ1v) is 13.0. The van der Waals surface area contributed by atoms with Crippen molar-refractivity contribution in [1.82, 2.24) is 0 Å². The van der Waals surface area contributed by atoms with Gasteiger partial charge in [0, 0.05) is 0 Å². The molecule has 0 spiro atoms. The van der Waals surface area contributed by atoms with Gasteiger partial charge in [0.25, 0.3) is 0 Å². The minimum atomic E-state index is 0.186. The molecule has 1 saturated carbocycles. The van der Waals surface area contributed by atoms with E-state index in [2.05, 4.69) is 91.8 Å². The van der Waals surface area contributed by atoms with Crippen molar-refractivity contribution >= 4 is 5.57 Å². The first kappa shape index (κ1) is 21.2. The minimum absolute atomic E-state index is 0.186. The number of allylic oxidation sites excluding steroid dienone is 6. The Hall–Kier alpha value is -0.677. The van der Waals surface area contributed by atoms with Gasteiger partial charge in [-0.15, -0.1) is 0 Å². The van der Waals surface area contributed by atoms with Crippen molar-refractivity contribution in [3.63, 3.8) is 0 Å². The van der Waals surface area contributed by atoms with E-state index in [0.29, 0.717) is 5.92 Å². The predicted molar refractivity (Wildman–Crippen MR) is 124 cm³/mol. The zero-order chi connectivity index (χ0) is 21.9. The topological polar surface area (TPSA) is 0 Å². The van der Waals surface area contributed by atoms with Crippen LogP contribution in [0, 0.1) is 27.6 Å². The Bertz CT molecular complexity index is 1040. The molecule has 4 aliphatic rings. The summed E-state index contributed by atoms with van der Waals surface area (Å²) in [6.07, 6.45) is 8.58. The zero-order valence-corrected chi connectivity index (χ0v) is 22.6. The van der Waals surface area contributed by atoms with E-state index in [-0.39, 0.29) is 24.8 Å². The molecule has 4 aliphatic carbocycles. The molecule has 0 aliphatic heterocycles. The molecule has 0 radical (unpaired) electrons. The molecule has 1 fully saturated rings. The van der Waals surface area contributed by atoms with Crippen molar-refractivity contribution in [2.75, 3.05) is 0 Å². The fourth-order valence-corrected chi connectivity index (χ4v) is 9.71. The molecule has 30 heavy (non-hydrogen) atoms. The molecular formula is C29H37Zr. The molecule has 0 bridgehead atoms. The van der Waals surface area contributed by atoms with E-state index in [1.807, 2.05) is 5.57 Å². The van der Waals surface area contributed by atoms with Crippen LogP contribution >= 0.6 is 0 Å². The van der Waals surface area contributed by atoms with Crippen LogP contribution in [0.1, 0.15) is 79.4 Å². The van der Waals surface area contributed by atoms with E-state index in [1.165, 1.54) is 24.0 Å². The Morgan fingerprint density at radius 3 is 2.23 bits per heavy atom. The molecule has 0 amide bonds. The van der Waals surface area contributed by atoms with Crippen molar-refractivity contribution in [2.24, 2.45) is 27.6 Å². The van der Waals surface area contributed by atoms with Gasteiger partial charge >= 0.3 is 200 Å². The number of benzene rings is 1. The number of hydrogen-bond donors (Lipinski definition) is 0. The standard InChI is InChI=1S/C29H37.Zr/c1-18-25-22-17-19-13-9-10-14-20(19)24(22)21-15-11-12-16-23(21)29(25,8)28(6,7)27(4,5)26(18,2)3;/h9-11,13-15,23H,12,16-17H2,1-8H3;. The number of rotatable bonds is 0. The summed E-state index contributed by atoms with van der Waals surface area (Å²) in [6.45, 7) is 20.8.